The van der Waals surface area contributed by atoms with Gasteiger partial charge < -0.3 is 10.1 Å². The van der Waals surface area contributed by atoms with Crippen LogP contribution in [0.5, 0.6) is 0 Å². The molecule has 0 spiro atoms. The molecular weight excluding hydrogens is 438 g/mol. The summed E-state index contributed by atoms with van der Waals surface area (Å²) in [5.74, 6) is 1.74. The lowest BCUT2D eigenvalue weighted by atomic mass is 9.88. The summed E-state index contributed by atoms with van der Waals surface area (Å²) in [5.41, 5.74) is 5.62. The van der Waals surface area contributed by atoms with E-state index in [1.54, 1.807) is 0 Å². The van der Waals surface area contributed by atoms with Gasteiger partial charge in [0.15, 0.2) is 0 Å². The number of para-hydroxylation sites is 2. The zero-order chi connectivity index (χ0) is 23.5. The normalized spacial score (nSPS) is 20.0. The monoisotopic (exact) mass is 469 g/mol. The summed E-state index contributed by atoms with van der Waals surface area (Å²) in [6.45, 7) is 7.39. The van der Waals surface area contributed by atoms with Gasteiger partial charge in [0, 0.05) is 17.0 Å². The average Bonchev–Trinajstić information content (AvgIpc) is 3.51. The molecule has 2 aliphatic heterocycles. The lowest BCUT2D eigenvalue weighted by Gasteiger charge is -2.23. The Balaban J connectivity index is 1.39. The van der Waals surface area contributed by atoms with Gasteiger partial charge in [0.1, 0.15) is 11.7 Å². The van der Waals surface area contributed by atoms with E-state index in [0.717, 1.165) is 39.7 Å². The van der Waals surface area contributed by atoms with Crippen molar-refractivity contribution in [2.75, 3.05) is 17.7 Å². The molecule has 4 nitrogen and oxygen atoms in total. The van der Waals surface area contributed by atoms with Crippen molar-refractivity contribution in [1.82, 2.24) is 0 Å². The van der Waals surface area contributed by atoms with Crippen molar-refractivity contribution in [3.8, 4) is 0 Å². The molecule has 0 radical (unpaired) electrons. The minimum atomic E-state index is 0.135. The molecule has 1 N–H and O–H groups in total. The Morgan fingerprint density at radius 2 is 1.50 bits per heavy atom. The number of nitrogens with one attached hydrogen (secondary N) is 1. The molecule has 0 saturated carbocycles. The van der Waals surface area contributed by atoms with Crippen LogP contribution in [0.3, 0.4) is 0 Å². The van der Waals surface area contributed by atoms with E-state index >= 15 is 0 Å². The number of rotatable bonds is 6. The molecular formula is C29H31N3OS. The van der Waals surface area contributed by atoms with Crippen LogP contribution in [0.1, 0.15) is 37.5 Å². The summed E-state index contributed by atoms with van der Waals surface area (Å²) < 4.78 is 6.07. The standard InChI is InChI=1S/C29H31N3OS/c1-29(2,3)26-19-34-28(32-26)23-14-8-10-16-25(23)31-24-15-9-7-13-22(24)27-30-21(18-33-27)17-20-11-5-4-6-12-20/h4-16,21,26,31H,17-19H2,1-3H3/t21-,26+/m0/s1. The Labute approximate surface area is 206 Å². The van der Waals surface area contributed by atoms with E-state index in [0.29, 0.717) is 18.5 Å². The first-order chi connectivity index (χ1) is 16.5. The molecule has 2 atom stereocenters. The van der Waals surface area contributed by atoms with Crippen LogP contribution in [0.4, 0.5) is 11.4 Å². The number of hydrogen-bond acceptors (Lipinski definition) is 5. The first-order valence-corrected chi connectivity index (χ1v) is 12.9. The largest absolute Gasteiger partial charge is 0.475 e. The van der Waals surface area contributed by atoms with Crippen molar-refractivity contribution in [3.05, 3.63) is 95.6 Å². The molecule has 0 aliphatic carbocycles. The molecule has 0 amide bonds. The van der Waals surface area contributed by atoms with E-state index in [1.165, 1.54) is 5.56 Å². The maximum absolute atomic E-state index is 6.07. The summed E-state index contributed by atoms with van der Waals surface area (Å²) in [6.07, 6.45) is 0.884. The molecule has 2 aliphatic rings. The van der Waals surface area contributed by atoms with Crippen LogP contribution in [0.2, 0.25) is 0 Å². The number of hydrogen-bond donors (Lipinski definition) is 1. The van der Waals surface area contributed by atoms with Crippen molar-refractivity contribution in [3.63, 3.8) is 0 Å². The second kappa shape index (κ2) is 9.67. The van der Waals surface area contributed by atoms with Crippen LogP contribution in [0, 0.1) is 5.41 Å². The van der Waals surface area contributed by atoms with Gasteiger partial charge in [-0.2, -0.15) is 0 Å². The van der Waals surface area contributed by atoms with Gasteiger partial charge in [-0.1, -0.05) is 81.4 Å². The molecule has 34 heavy (non-hydrogen) atoms. The van der Waals surface area contributed by atoms with Gasteiger partial charge in [-0.05, 0) is 35.6 Å². The second-order valence-electron chi connectivity index (χ2n) is 9.93. The molecule has 0 fully saturated rings. The van der Waals surface area contributed by atoms with E-state index in [-0.39, 0.29) is 11.5 Å². The van der Waals surface area contributed by atoms with Gasteiger partial charge in [0.2, 0.25) is 5.90 Å². The Bertz CT molecular complexity index is 1210. The van der Waals surface area contributed by atoms with Gasteiger partial charge >= 0.3 is 0 Å². The zero-order valence-electron chi connectivity index (χ0n) is 20.0. The van der Waals surface area contributed by atoms with Crippen molar-refractivity contribution in [1.29, 1.82) is 0 Å². The summed E-state index contributed by atoms with van der Waals surface area (Å²) >= 11 is 1.85. The van der Waals surface area contributed by atoms with Crippen LogP contribution >= 0.6 is 11.8 Å². The molecule has 0 unspecified atom stereocenters. The number of nitrogens with zero attached hydrogens (tertiary/aromatic N) is 2. The summed E-state index contributed by atoms with van der Waals surface area (Å²) in [6, 6.07) is 27.6. The SMILES string of the molecule is CC(C)(C)[C@H]1CSC(c2ccccc2Nc2ccccc2C2=N[C@@H](Cc3ccccc3)CO2)=N1. The Hall–Kier alpha value is -3.05. The maximum atomic E-state index is 6.07. The van der Waals surface area contributed by atoms with Gasteiger partial charge in [-0.3, -0.25) is 4.99 Å². The third-order valence-corrected chi connectivity index (χ3v) is 7.34. The maximum Gasteiger partial charge on any atom is 0.218 e. The minimum absolute atomic E-state index is 0.135. The molecule has 0 bridgehead atoms. The van der Waals surface area contributed by atoms with Gasteiger partial charge in [0.05, 0.1) is 23.3 Å². The first-order valence-electron chi connectivity index (χ1n) is 11.9. The Kier molecular flexibility index (Phi) is 6.46. The van der Waals surface area contributed by atoms with E-state index in [2.05, 4.69) is 86.8 Å². The molecule has 5 rings (SSSR count). The van der Waals surface area contributed by atoms with Crippen molar-refractivity contribution >= 4 is 34.1 Å². The third-order valence-electron chi connectivity index (χ3n) is 6.26. The average molecular weight is 470 g/mol. The van der Waals surface area contributed by atoms with Gasteiger partial charge in [0.25, 0.3) is 0 Å². The third kappa shape index (κ3) is 5.05. The van der Waals surface area contributed by atoms with E-state index in [9.17, 15) is 0 Å². The molecule has 2 heterocycles. The zero-order valence-corrected chi connectivity index (χ0v) is 20.8. The fraction of sp³-hybridized carbons (Fsp3) is 0.310. The van der Waals surface area contributed by atoms with Crippen molar-refractivity contribution in [2.45, 2.75) is 39.3 Å². The van der Waals surface area contributed by atoms with E-state index in [1.807, 2.05) is 30.0 Å². The number of ether oxygens (including phenoxy) is 1. The summed E-state index contributed by atoms with van der Waals surface area (Å²) in [5, 5.41) is 4.77. The highest BCUT2D eigenvalue weighted by Gasteiger charge is 2.30. The lowest BCUT2D eigenvalue weighted by molar-refractivity contribution is 0.317. The van der Waals surface area contributed by atoms with Crippen LogP contribution in [-0.4, -0.2) is 35.4 Å². The molecule has 3 aromatic carbocycles. The lowest BCUT2D eigenvalue weighted by Crippen LogP contribution is -2.24. The highest BCUT2D eigenvalue weighted by atomic mass is 32.2. The highest BCUT2D eigenvalue weighted by molar-refractivity contribution is 8.14. The smallest absolute Gasteiger partial charge is 0.218 e. The van der Waals surface area contributed by atoms with Crippen molar-refractivity contribution < 1.29 is 4.74 Å². The minimum Gasteiger partial charge on any atom is -0.475 e. The second-order valence-corrected chi connectivity index (χ2v) is 10.9. The number of benzene rings is 3. The predicted octanol–water partition coefficient (Wildman–Crippen LogP) is 6.73. The molecule has 174 valence electrons. The topological polar surface area (TPSA) is 46.0 Å². The van der Waals surface area contributed by atoms with Crippen LogP contribution in [0.15, 0.2) is 88.8 Å². The van der Waals surface area contributed by atoms with Gasteiger partial charge in [-0.15, -0.1) is 11.8 Å². The number of anilines is 2. The van der Waals surface area contributed by atoms with Crippen molar-refractivity contribution in [2.24, 2.45) is 15.4 Å². The number of thioether (sulfide) groups is 1. The van der Waals surface area contributed by atoms with E-state index < -0.39 is 0 Å². The molecule has 5 heteroatoms. The van der Waals surface area contributed by atoms with Crippen LogP contribution in [-0.2, 0) is 11.2 Å². The van der Waals surface area contributed by atoms with Crippen LogP contribution in [0.25, 0.3) is 0 Å². The van der Waals surface area contributed by atoms with Crippen LogP contribution < -0.4 is 5.32 Å². The number of aliphatic imine (C=N–C) groups is 2. The highest BCUT2D eigenvalue weighted by Crippen LogP contribution is 2.36. The quantitative estimate of drug-likeness (QED) is 0.435. The fourth-order valence-corrected chi connectivity index (χ4v) is 5.65. The first kappa shape index (κ1) is 22.7. The van der Waals surface area contributed by atoms with E-state index in [4.69, 9.17) is 14.7 Å². The molecule has 0 saturated heterocycles. The molecule has 3 aromatic rings. The Morgan fingerprint density at radius 3 is 2.21 bits per heavy atom. The van der Waals surface area contributed by atoms with Gasteiger partial charge in [-0.25, -0.2) is 4.99 Å². The Morgan fingerprint density at radius 1 is 0.853 bits per heavy atom. The molecule has 0 aromatic heterocycles. The summed E-state index contributed by atoms with van der Waals surface area (Å²) in [4.78, 5) is 9.99. The summed E-state index contributed by atoms with van der Waals surface area (Å²) in [7, 11) is 0. The fourth-order valence-electron chi connectivity index (χ4n) is 4.22. The predicted molar refractivity (Wildman–Crippen MR) is 145 cm³/mol.